The van der Waals surface area contributed by atoms with Crippen molar-refractivity contribution >= 4 is 5.69 Å². The minimum absolute atomic E-state index is 0.432. The molecule has 5 heteroatoms. The number of hydrogen-bond donors (Lipinski definition) is 1. The van der Waals surface area contributed by atoms with E-state index in [4.69, 9.17) is 11.0 Å². The lowest BCUT2D eigenvalue weighted by atomic mass is 10.1. The molecule has 21 heavy (non-hydrogen) atoms. The van der Waals surface area contributed by atoms with Gasteiger partial charge in [0.1, 0.15) is 11.8 Å². The number of nitrogens with zero attached hydrogens (tertiary/aromatic N) is 4. The van der Waals surface area contributed by atoms with Crippen LogP contribution in [0.1, 0.15) is 11.3 Å². The van der Waals surface area contributed by atoms with E-state index >= 15 is 0 Å². The van der Waals surface area contributed by atoms with Crippen molar-refractivity contribution in [3.05, 3.63) is 66.2 Å². The summed E-state index contributed by atoms with van der Waals surface area (Å²) in [6.45, 7) is 0.520. The zero-order valence-corrected chi connectivity index (χ0v) is 11.3. The topological polar surface area (TPSA) is 80.5 Å². The molecule has 2 N–H and O–H groups in total. The third kappa shape index (κ3) is 2.74. The zero-order chi connectivity index (χ0) is 14.7. The Labute approximate surface area is 122 Å². The molecule has 0 aliphatic heterocycles. The van der Waals surface area contributed by atoms with Gasteiger partial charge in [-0.15, -0.1) is 0 Å². The molecule has 5 nitrogen and oxygen atoms in total. The standard InChI is InChI=1S/C16H13N5/c17-8-16-13(2-1-7-19-16)10-21-11-14(9-20-21)12-3-5-15(18)6-4-12/h1-7,9,11H,10,18H2. The Bertz CT molecular complexity index is 796. The van der Waals surface area contributed by atoms with Gasteiger partial charge in [-0.2, -0.15) is 10.4 Å². The van der Waals surface area contributed by atoms with Gasteiger partial charge in [0.25, 0.3) is 0 Å². The van der Waals surface area contributed by atoms with Crippen LogP contribution in [0.15, 0.2) is 55.0 Å². The van der Waals surface area contributed by atoms with Gasteiger partial charge in [-0.05, 0) is 23.8 Å². The van der Waals surface area contributed by atoms with E-state index in [1.165, 1.54) is 0 Å². The van der Waals surface area contributed by atoms with Crippen molar-refractivity contribution in [2.45, 2.75) is 6.54 Å². The average molecular weight is 275 g/mol. The Kier molecular flexibility index (Phi) is 3.36. The molecule has 0 aliphatic rings. The molecule has 1 aromatic carbocycles. The summed E-state index contributed by atoms with van der Waals surface area (Å²) in [6, 6.07) is 13.4. The molecule has 0 aliphatic carbocycles. The monoisotopic (exact) mass is 275 g/mol. The van der Waals surface area contributed by atoms with Crippen LogP contribution in [0, 0.1) is 11.3 Å². The van der Waals surface area contributed by atoms with Crippen molar-refractivity contribution in [3.8, 4) is 17.2 Å². The van der Waals surface area contributed by atoms with Crippen LogP contribution in [0.5, 0.6) is 0 Å². The molecular weight excluding hydrogens is 262 g/mol. The fourth-order valence-corrected chi connectivity index (χ4v) is 2.12. The van der Waals surface area contributed by atoms with Gasteiger partial charge in [0.2, 0.25) is 0 Å². The molecule has 0 bridgehead atoms. The molecule has 3 aromatic rings. The molecule has 0 unspecified atom stereocenters. The van der Waals surface area contributed by atoms with E-state index in [-0.39, 0.29) is 0 Å². The van der Waals surface area contributed by atoms with Crippen LogP contribution in [0.4, 0.5) is 5.69 Å². The molecule has 3 rings (SSSR count). The molecule has 0 amide bonds. The van der Waals surface area contributed by atoms with Gasteiger partial charge in [0.05, 0.1) is 12.7 Å². The molecule has 0 fully saturated rings. The van der Waals surface area contributed by atoms with E-state index in [1.807, 2.05) is 42.6 Å². The Morgan fingerprint density at radius 2 is 1.95 bits per heavy atom. The molecule has 2 heterocycles. The smallest absolute Gasteiger partial charge is 0.145 e. The first-order valence-electron chi connectivity index (χ1n) is 6.48. The van der Waals surface area contributed by atoms with E-state index < -0.39 is 0 Å². The highest BCUT2D eigenvalue weighted by molar-refractivity contribution is 5.64. The minimum Gasteiger partial charge on any atom is -0.399 e. The number of hydrogen-bond acceptors (Lipinski definition) is 4. The highest BCUT2D eigenvalue weighted by Crippen LogP contribution is 2.20. The molecule has 0 spiro atoms. The van der Waals surface area contributed by atoms with Crippen LogP contribution in [0.3, 0.4) is 0 Å². The number of pyridine rings is 1. The highest BCUT2D eigenvalue weighted by Gasteiger charge is 2.06. The third-order valence-electron chi connectivity index (χ3n) is 3.21. The molecule has 0 atom stereocenters. The van der Waals surface area contributed by atoms with Crippen molar-refractivity contribution < 1.29 is 0 Å². The van der Waals surface area contributed by atoms with Gasteiger partial charge in [-0.1, -0.05) is 18.2 Å². The predicted octanol–water partition coefficient (Wildman–Crippen LogP) is 2.45. The molecule has 2 aromatic heterocycles. The summed E-state index contributed by atoms with van der Waals surface area (Å²) in [5.41, 5.74) is 9.78. The number of rotatable bonds is 3. The number of nitrogens with two attached hydrogens (primary N) is 1. The minimum atomic E-state index is 0.432. The van der Waals surface area contributed by atoms with Crippen molar-refractivity contribution in [3.63, 3.8) is 0 Å². The largest absolute Gasteiger partial charge is 0.399 e. The van der Waals surface area contributed by atoms with Gasteiger partial charge in [-0.3, -0.25) is 4.68 Å². The first kappa shape index (κ1) is 12.9. The van der Waals surface area contributed by atoms with Gasteiger partial charge in [0.15, 0.2) is 0 Å². The molecule has 0 saturated heterocycles. The summed E-state index contributed by atoms with van der Waals surface area (Å²) in [7, 11) is 0. The van der Waals surface area contributed by atoms with Crippen LogP contribution in [0.25, 0.3) is 11.1 Å². The fourth-order valence-electron chi connectivity index (χ4n) is 2.12. The third-order valence-corrected chi connectivity index (χ3v) is 3.21. The SMILES string of the molecule is N#Cc1ncccc1Cn1cc(-c2ccc(N)cc2)cn1. The number of benzene rings is 1. The maximum Gasteiger partial charge on any atom is 0.145 e. The Morgan fingerprint density at radius 3 is 2.71 bits per heavy atom. The van der Waals surface area contributed by atoms with Crippen LogP contribution in [-0.4, -0.2) is 14.8 Å². The summed E-state index contributed by atoms with van der Waals surface area (Å²) in [5, 5.41) is 13.4. The van der Waals surface area contributed by atoms with E-state index in [0.717, 1.165) is 22.4 Å². The predicted molar refractivity (Wildman–Crippen MR) is 80.1 cm³/mol. The van der Waals surface area contributed by atoms with Crippen molar-refractivity contribution in [2.24, 2.45) is 0 Å². The van der Waals surface area contributed by atoms with Gasteiger partial charge in [-0.25, -0.2) is 4.98 Å². The second-order valence-electron chi connectivity index (χ2n) is 4.67. The van der Waals surface area contributed by atoms with Crippen molar-refractivity contribution in [2.75, 3.05) is 5.73 Å². The van der Waals surface area contributed by atoms with E-state index in [2.05, 4.69) is 16.2 Å². The Hall–Kier alpha value is -3.13. The fraction of sp³-hybridized carbons (Fsp3) is 0.0625. The first-order chi connectivity index (χ1) is 10.3. The van der Waals surface area contributed by atoms with Crippen molar-refractivity contribution in [1.29, 1.82) is 5.26 Å². The summed E-state index contributed by atoms with van der Waals surface area (Å²) in [4.78, 5) is 4.05. The van der Waals surface area contributed by atoms with E-state index in [0.29, 0.717) is 12.2 Å². The second kappa shape index (κ2) is 5.47. The van der Waals surface area contributed by atoms with Crippen LogP contribution < -0.4 is 5.73 Å². The lowest BCUT2D eigenvalue weighted by molar-refractivity contribution is 0.683. The normalized spacial score (nSPS) is 10.2. The van der Waals surface area contributed by atoms with E-state index in [1.54, 1.807) is 17.1 Å². The summed E-state index contributed by atoms with van der Waals surface area (Å²) in [5.74, 6) is 0. The zero-order valence-electron chi connectivity index (χ0n) is 11.3. The van der Waals surface area contributed by atoms with Crippen LogP contribution in [0.2, 0.25) is 0 Å². The van der Waals surface area contributed by atoms with Crippen molar-refractivity contribution in [1.82, 2.24) is 14.8 Å². The molecule has 102 valence electrons. The highest BCUT2D eigenvalue weighted by atomic mass is 15.3. The summed E-state index contributed by atoms with van der Waals surface area (Å²) < 4.78 is 1.80. The van der Waals surface area contributed by atoms with E-state index in [9.17, 15) is 0 Å². The summed E-state index contributed by atoms with van der Waals surface area (Å²) >= 11 is 0. The molecule has 0 radical (unpaired) electrons. The maximum atomic E-state index is 9.05. The number of aromatic nitrogens is 3. The lowest BCUT2D eigenvalue weighted by Gasteiger charge is -2.03. The lowest BCUT2D eigenvalue weighted by Crippen LogP contribution is -2.03. The van der Waals surface area contributed by atoms with Gasteiger partial charge < -0.3 is 5.73 Å². The molecule has 0 saturated carbocycles. The second-order valence-corrected chi connectivity index (χ2v) is 4.67. The average Bonchev–Trinajstić information content (AvgIpc) is 2.97. The Morgan fingerprint density at radius 1 is 1.14 bits per heavy atom. The van der Waals surface area contributed by atoms with Gasteiger partial charge in [0, 0.05) is 29.2 Å². The first-order valence-corrected chi connectivity index (χ1v) is 6.48. The van der Waals surface area contributed by atoms with Gasteiger partial charge >= 0.3 is 0 Å². The summed E-state index contributed by atoms with van der Waals surface area (Å²) in [6.07, 6.45) is 5.36. The number of nitriles is 1. The quantitative estimate of drug-likeness (QED) is 0.744. The Balaban J connectivity index is 1.86. The molecular formula is C16H13N5. The van der Waals surface area contributed by atoms with Crippen LogP contribution >= 0.6 is 0 Å². The number of anilines is 1. The number of nitrogen functional groups attached to an aromatic ring is 1. The van der Waals surface area contributed by atoms with Crippen LogP contribution in [-0.2, 0) is 6.54 Å². The maximum absolute atomic E-state index is 9.05.